The minimum atomic E-state index is 0.375. The van der Waals surface area contributed by atoms with Crippen LogP contribution in [0.4, 0.5) is 0 Å². The molecule has 0 atom stereocenters. The van der Waals surface area contributed by atoms with Gasteiger partial charge in [0.05, 0.1) is 0 Å². The molecule has 2 rings (SSSR count). The van der Waals surface area contributed by atoms with E-state index >= 15 is 0 Å². The molecule has 3 nitrogen and oxygen atoms in total. The van der Waals surface area contributed by atoms with Gasteiger partial charge in [0.25, 0.3) is 0 Å². The van der Waals surface area contributed by atoms with Crippen LogP contribution in [0.25, 0.3) is 0 Å². The molecule has 1 N–H and O–H groups in total. The molecule has 0 spiro atoms. The number of aromatic nitrogens is 2. The second kappa shape index (κ2) is 6.11. The lowest BCUT2D eigenvalue weighted by atomic mass is 10.1. The Labute approximate surface area is 102 Å². The Morgan fingerprint density at radius 3 is 1.82 bits per heavy atom. The first-order chi connectivity index (χ1) is 8.38. The minimum Gasteiger partial charge on any atom is -0.316 e. The molecular formula is C14H17N3. The van der Waals surface area contributed by atoms with Crippen LogP contribution in [0.1, 0.15) is 11.4 Å². The predicted molar refractivity (Wildman–Crippen MR) is 68.7 cm³/mol. The summed E-state index contributed by atoms with van der Waals surface area (Å²) in [6.45, 7) is 0. The van der Waals surface area contributed by atoms with Crippen molar-refractivity contribution < 1.29 is 0 Å². The summed E-state index contributed by atoms with van der Waals surface area (Å²) in [7, 11) is 1.98. The first-order valence-corrected chi connectivity index (χ1v) is 5.85. The van der Waals surface area contributed by atoms with Crippen LogP contribution in [0, 0.1) is 0 Å². The van der Waals surface area contributed by atoms with E-state index in [1.807, 2.05) is 43.7 Å². The molecule has 2 aromatic rings. The summed E-state index contributed by atoms with van der Waals surface area (Å²) < 4.78 is 0. The highest BCUT2D eigenvalue weighted by Gasteiger charge is 2.09. The monoisotopic (exact) mass is 227 g/mol. The van der Waals surface area contributed by atoms with E-state index in [4.69, 9.17) is 0 Å². The number of rotatable bonds is 5. The zero-order valence-corrected chi connectivity index (χ0v) is 10.0. The van der Waals surface area contributed by atoms with Crippen LogP contribution in [-0.4, -0.2) is 23.1 Å². The number of likely N-dealkylation sites (N-methyl/N-ethyl adjacent to an activating group) is 1. The van der Waals surface area contributed by atoms with E-state index < -0.39 is 0 Å². The van der Waals surface area contributed by atoms with Crippen LogP contribution in [0.3, 0.4) is 0 Å². The average molecular weight is 227 g/mol. The molecule has 17 heavy (non-hydrogen) atoms. The van der Waals surface area contributed by atoms with Gasteiger partial charge in [0, 0.05) is 42.7 Å². The zero-order valence-electron chi connectivity index (χ0n) is 10.0. The fourth-order valence-corrected chi connectivity index (χ4v) is 1.82. The summed E-state index contributed by atoms with van der Waals surface area (Å²) in [5, 5.41) is 3.32. The van der Waals surface area contributed by atoms with Gasteiger partial charge in [-0.15, -0.1) is 0 Å². The summed E-state index contributed by atoms with van der Waals surface area (Å²) in [6, 6.07) is 12.4. The topological polar surface area (TPSA) is 37.8 Å². The average Bonchev–Trinajstić information content (AvgIpc) is 2.40. The molecule has 0 bridgehead atoms. The fourth-order valence-electron chi connectivity index (χ4n) is 1.82. The number of nitrogens with one attached hydrogen (secondary N) is 1. The van der Waals surface area contributed by atoms with Crippen molar-refractivity contribution in [2.45, 2.75) is 18.9 Å². The van der Waals surface area contributed by atoms with Gasteiger partial charge in [-0.05, 0) is 31.3 Å². The lowest BCUT2D eigenvalue weighted by Crippen LogP contribution is -2.30. The number of hydrogen-bond donors (Lipinski definition) is 1. The third-order valence-corrected chi connectivity index (χ3v) is 2.77. The second-order valence-corrected chi connectivity index (χ2v) is 4.04. The van der Waals surface area contributed by atoms with Crippen LogP contribution < -0.4 is 5.32 Å². The first-order valence-electron chi connectivity index (χ1n) is 5.85. The van der Waals surface area contributed by atoms with E-state index in [-0.39, 0.29) is 0 Å². The van der Waals surface area contributed by atoms with Crippen LogP contribution in [-0.2, 0) is 12.8 Å². The summed E-state index contributed by atoms with van der Waals surface area (Å²) in [4.78, 5) is 8.70. The number of nitrogens with zero attached hydrogens (tertiary/aromatic N) is 2. The summed E-state index contributed by atoms with van der Waals surface area (Å²) in [5.74, 6) is 0. The van der Waals surface area contributed by atoms with Crippen LogP contribution in [0.15, 0.2) is 48.8 Å². The Bertz CT molecular complexity index is 386. The molecule has 0 aromatic carbocycles. The van der Waals surface area contributed by atoms with E-state index in [1.165, 1.54) is 0 Å². The van der Waals surface area contributed by atoms with Crippen molar-refractivity contribution in [1.29, 1.82) is 0 Å². The fraction of sp³-hybridized carbons (Fsp3) is 0.286. The van der Waals surface area contributed by atoms with Crippen LogP contribution in [0.5, 0.6) is 0 Å². The summed E-state index contributed by atoms with van der Waals surface area (Å²) >= 11 is 0. The lowest BCUT2D eigenvalue weighted by molar-refractivity contribution is 0.544. The Balaban J connectivity index is 1.98. The molecule has 0 fully saturated rings. The standard InChI is InChI=1S/C14H17N3/c1-15-14(10-12-6-2-4-8-16-12)11-13-7-3-5-9-17-13/h2-9,14-15H,10-11H2,1H3. The van der Waals surface area contributed by atoms with Crippen molar-refractivity contribution in [2.24, 2.45) is 0 Å². The molecule has 0 radical (unpaired) electrons. The molecule has 0 saturated heterocycles. The second-order valence-electron chi connectivity index (χ2n) is 4.04. The van der Waals surface area contributed by atoms with Gasteiger partial charge < -0.3 is 5.32 Å². The molecule has 0 saturated carbocycles. The SMILES string of the molecule is CNC(Cc1ccccn1)Cc1ccccn1. The number of hydrogen-bond acceptors (Lipinski definition) is 3. The Hall–Kier alpha value is -1.74. The zero-order chi connectivity index (χ0) is 11.9. The third kappa shape index (κ3) is 3.64. The first kappa shape index (κ1) is 11.7. The molecule has 0 aliphatic carbocycles. The van der Waals surface area contributed by atoms with E-state index in [0.717, 1.165) is 24.2 Å². The molecule has 2 aromatic heterocycles. The van der Waals surface area contributed by atoms with Crippen molar-refractivity contribution in [3.8, 4) is 0 Å². The highest BCUT2D eigenvalue weighted by Crippen LogP contribution is 2.05. The maximum absolute atomic E-state index is 4.35. The van der Waals surface area contributed by atoms with Gasteiger partial charge in [-0.1, -0.05) is 12.1 Å². The van der Waals surface area contributed by atoms with Crippen molar-refractivity contribution in [1.82, 2.24) is 15.3 Å². The molecule has 0 amide bonds. The van der Waals surface area contributed by atoms with Crippen molar-refractivity contribution >= 4 is 0 Å². The van der Waals surface area contributed by atoms with E-state index in [9.17, 15) is 0 Å². The van der Waals surface area contributed by atoms with Gasteiger partial charge in [-0.25, -0.2) is 0 Å². The molecule has 2 heterocycles. The highest BCUT2D eigenvalue weighted by atomic mass is 14.9. The highest BCUT2D eigenvalue weighted by molar-refractivity contribution is 5.09. The van der Waals surface area contributed by atoms with E-state index in [1.54, 1.807) is 0 Å². The molecule has 88 valence electrons. The van der Waals surface area contributed by atoms with Gasteiger partial charge in [0.1, 0.15) is 0 Å². The summed E-state index contributed by atoms with van der Waals surface area (Å²) in [5.41, 5.74) is 2.23. The van der Waals surface area contributed by atoms with Gasteiger partial charge >= 0.3 is 0 Å². The predicted octanol–water partition coefficient (Wildman–Crippen LogP) is 1.85. The van der Waals surface area contributed by atoms with Crippen LogP contribution >= 0.6 is 0 Å². The van der Waals surface area contributed by atoms with E-state index in [2.05, 4.69) is 27.4 Å². The maximum Gasteiger partial charge on any atom is 0.0419 e. The molecular weight excluding hydrogens is 210 g/mol. The van der Waals surface area contributed by atoms with Crippen molar-refractivity contribution in [3.63, 3.8) is 0 Å². The van der Waals surface area contributed by atoms with Crippen molar-refractivity contribution in [3.05, 3.63) is 60.2 Å². The smallest absolute Gasteiger partial charge is 0.0419 e. The van der Waals surface area contributed by atoms with E-state index in [0.29, 0.717) is 6.04 Å². The molecule has 0 unspecified atom stereocenters. The van der Waals surface area contributed by atoms with Gasteiger partial charge in [-0.3, -0.25) is 9.97 Å². The largest absolute Gasteiger partial charge is 0.316 e. The quantitative estimate of drug-likeness (QED) is 0.847. The Morgan fingerprint density at radius 1 is 0.941 bits per heavy atom. The van der Waals surface area contributed by atoms with Gasteiger partial charge in [0.2, 0.25) is 0 Å². The molecule has 0 aliphatic heterocycles. The Morgan fingerprint density at radius 2 is 1.47 bits per heavy atom. The van der Waals surface area contributed by atoms with Crippen molar-refractivity contribution in [2.75, 3.05) is 7.05 Å². The molecule has 3 heteroatoms. The van der Waals surface area contributed by atoms with Crippen LogP contribution in [0.2, 0.25) is 0 Å². The Kier molecular flexibility index (Phi) is 4.22. The summed E-state index contributed by atoms with van der Waals surface area (Å²) in [6.07, 6.45) is 5.52. The third-order valence-electron chi connectivity index (χ3n) is 2.77. The lowest BCUT2D eigenvalue weighted by Gasteiger charge is -2.15. The maximum atomic E-state index is 4.35. The minimum absolute atomic E-state index is 0.375. The number of pyridine rings is 2. The molecule has 0 aliphatic rings. The van der Waals surface area contributed by atoms with Gasteiger partial charge in [0.15, 0.2) is 0 Å². The normalized spacial score (nSPS) is 10.7. The van der Waals surface area contributed by atoms with Gasteiger partial charge in [-0.2, -0.15) is 0 Å².